The van der Waals surface area contributed by atoms with Crippen LogP contribution in [0.5, 0.6) is 0 Å². The van der Waals surface area contributed by atoms with E-state index in [9.17, 15) is 0 Å². The predicted molar refractivity (Wildman–Crippen MR) is 83.8 cm³/mol. The fourth-order valence-electron chi connectivity index (χ4n) is 2.53. The number of aryl methyl sites for hydroxylation is 2. The van der Waals surface area contributed by atoms with Gasteiger partial charge in [0.25, 0.3) is 0 Å². The molecule has 0 aliphatic heterocycles. The van der Waals surface area contributed by atoms with Crippen molar-refractivity contribution in [1.29, 1.82) is 0 Å². The van der Waals surface area contributed by atoms with E-state index in [0.29, 0.717) is 6.04 Å². The van der Waals surface area contributed by atoms with E-state index < -0.39 is 0 Å². The fraction of sp³-hybridized carbons (Fsp3) is 0.471. The summed E-state index contributed by atoms with van der Waals surface area (Å²) in [7, 11) is 0. The van der Waals surface area contributed by atoms with Crippen LogP contribution in [-0.4, -0.2) is 16.3 Å². The molecule has 2 rings (SSSR count). The zero-order valence-corrected chi connectivity index (χ0v) is 12.8. The SMILES string of the molecule is CCCn1nccc1C(Cc1ccc(C)cc1)NCC. The molecule has 20 heavy (non-hydrogen) atoms. The summed E-state index contributed by atoms with van der Waals surface area (Å²) in [5.41, 5.74) is 3.96. The minimum Gasteiger partial charge on any atom is -0.309 e. The van der Waals surface area contributed by atoms with Gasteiger partial charge in [-0.1, -0.05) is 43.7 Å². The van der Waals surface area contributed by atoms with E-state index in [4.69, 9.17) is 0 Å². The van der Waals surface area contributed by atoms with E-state index in [-0.39, 0.29) is 0 Å². The molecule has 1 heterocycles. The summed E-state index contributed by atoms with van der Waals surface area (Å²) in [5, 5.41) is 8.03. The normalized spacial score (nSPS) is 12.6. The molecule has 1 N–H and O–H groups in total. The molecular formula is C17H25N3. The Labute approximate surface area is 122 Å². The second-order valence-corrected chi connectivity index (χ2v) is 5.28. The maximum Gasteiger partial charge on any atom is 0.0556 e. The molecule has 1 unspecified atom stereocenters. The van der Waals surface area contributed by atoms with E-state index in [1.54, 1.807) is 0 Å². The molecule has 1 aromatic carbocycles. The Morgan fingerprint density at radius 1 is 1.15 bits per heavy atom. The van der Waals surface area contributed by atoms with Crippen LogP contribution in [0.3, 0.4) is 0 Å². The van der Waals surface area contributed by atoms with Crippen LogP contribution in [0.4, 0.5) is 0 Å². The molecule has 2 aromatic rings. The maximum atomic E-state index is 4.44. The fourth-order valence-corrected chi connectivity index (χ4v) is 2.53. The third-order valence-corrected chi connectivity index (χ3v) is 3.55. The Morgan fingerprint density at radius 2 is 1.90 bits per heavy atom. The van der Waals surface area contributed by atoms with Crippen LogP contribution in [0, 0.1) is 6.92 Å². The summed E-state index contributed by atoms with van der Waals surface area (Å²) in [6, 6.07) is 11.3. The lowest BCUT2D eigenvalue weighted by Gasteiger charge is -2.19. The van der Waals surface area contributed by atoms with Crippen LogP contribution in [0.1, 0.15) is 43.1 Å². The average Bonchev–Trinajstić information content (AvgIpc) is 2.89. The molecule has 0 radical (unpaired) electrons. The van der Waals surface area contributed by atoms with Gasteiger partial charge in [0, 0.05) is 12.7 Å². The second kappa shape index (κ2) is 7.25. The average molecular weight is 271 g/mol. The number of aromatic nitrogens is 2. The minimum absolute atomic E-state index is 0.330. The predicted octanol–water partition coefficient (Wildman–Crippen LogP) is 3.49. The third kappa shape index (κ3) is 3.70. The highest BCUT2D eigenvalue weighted by atomic mass is 15.3. The monoisotopic (exact) mass is 271 g/mol. The van der Waals surface area contributed by atoms with Gasteiger partial charge < -0.3 is 5.32 Å². The lowest BCUT2D eigenvalue weighted by molar-refractivity contribution is 0.478. The first-order valence-corrected chi connectivity index (χ1v) is 7.55. The highest BCUT2D eigenvalue weighted by Crippen LogP contribution is 2.19. The Morgan fingerprint density at radius 3 is 2.55 bits per heavy atom. The second-order valence-electron chi connectivity index (χ2n) is 5.28. The largest absolute Gasteiger partial charge is 0.309 e. The molecule has 0 spiro atoms. The van der Waals surface area contributed by atoms with Crippen molar-refractivity contribution in [2.24, 2.45) is 0 Å². The van der Waals surface area contributed by atoms with Crippen LogP contribution in [0.15, 0.2) is 36.5 Å². The van der Waals surface area contributed by atoms with Crippen LogP contribution >= 0.6 is 0 Å². The van der Waals surface area contributed by atoms with Gasteiger partial charge in [-0.15, -0.1) is 0 Å². The van der Waals surface area contributed by atoms with Crippen molar-refractivity contribution in [3.05, 3.63) is 53.3 Å². The first-order chi connectivity index (χ1) is 9.74. The zero-order valence-electron chi connectivity index (χ0n) is 12.8. The molecule has 0 aliphatic carbocycles. The molecule has 0 amide bonds. The van der Waals surface area contributed by atoms with Gasteiger partial charge in [-0.05, 0) is 37.9 Å². The van der Waals surface area contributed by atoms with Crippen molar-refractivity contribution in [2.45, 2.75) is 46.2 Å². The van der Waals surface area contributed by atoms with Crippen LogP contribution < -0.4 is 5.32 Å². The Kier molecular flexibility index (Phi) is 5.36. The van der Waals surface area contributed by atoms with Crippen LogP contribution in [0.25, 0.3) is 0 Å². The van der Waals surface area contributed by atoms with Gasteiger partial charge in [-0.2, -0.15) is 5.10 Å². The number of hydrogen-bond donors (Lipinski definition) is 1. The molecule has 3 heteroatoms. The van der Waals surface area contributed by atoms with E-state index >= 15 is 0 Å². The first kappa shape index (κ1) is 14.8. The smallest absolute Gasteiger partial charge is 0.0556 e. The molecule has 0 fully saturated rings. The molecule has 0 bridgehead atoms. The van der Waals surface area contributed by atoms with Gasteiger partial charge in [0.1, 0.15) is 0 Å². The number of hydrogen-bond acceptors (Lipinski definition) is 2. The first-order valence-electron chi connectivity index (χ1n) is 7.55. The molecule has 108 valence electrons. The maximum absolute atomic E-state index is 4.44. The number of rotatable bonds is 7. The van der Waals surface area contributed by atoms with Gasteiger partial charge in [0.15, 0.2) is 0 Å². The van der Waals surface area contributed by atoms with Gasteiger partial charge in [0.2, 0.25) is 0 Å². The zero-order chi connectivity index (χ0) is 14.4. The van der Waals surface area contributed by atoms with Gasteiger partial charge in [-0.25, -0.2) is 0 Å². The van der Waals surface area contributed by atoms with Gasteiger partial charge >= 0.3 is 0 Å². The number of nitrogens with one attached hydrogen (secondary N) is 1. The van der Waals surface area contributed by atoms with Crippen LogP contribution in [0.2, 0.25) is 0 Å². The molecular weight excluding hydrogens is 246 g/mol. The van der Waals surface area contributed by atoms with Crippen molar-refractivity contribution < 1.29 is 0 Å². The van der Waals surface area contributed by atoms with Gasteiger partial charge in [0.05, 0.1) is 11.7 Å². The van der Waals surface area contributed by atoms with E-state index in [2.05, 4.69) is 66.2 Å². The summed E-state index contributed by atoms with van der Waals surface area (Å²) in [4.78, 5) is 0. The standard InChI is InChI=1S/C17H25N3/c1-4-12-20-17(10-11-19-20)16(18-5-2)13-15-8-6-14(3)7-9-15/h6-11,16,18H,4-5,12-13H2,1-3H3. The van der Waals surface area contributed by atoms with Gasteiger partial charge in [-0.3, -0.25) is 4.68 Å². The van der Waals surface area contributed by atoms with Crippen molar-refractivity contribution in [3.8, 4) is 0 Å². The van der Waals surface area contributed by atoms with Crippen molar-refractivity contribution in [1.82, 2.24) is 15.1 Å². The highest BCUT2D eigenvalue weighted by molar-refractivity contribution is 5.23. The summed E-state index contributed by atoms with van der Waals surface area (Å²) in [6.45, 7) is 8.42. The number of nitrogens with zero attached hydrogens (tertiary/aromatic N) is 2. The van der Waals surface area contributed by atoms with Crippen LogP contribution in [-0.2, 0) is 13.0 Å². The van der Waals surface area contributed by atoms with Crippen molar-refractivity contribution in [2.75, 3.05) is 6.54 Å². The Bertz CT molecular complexity index is 513. The molecule has 0 aliphatic rings. The topological polar surface area (TPSA) is 29.9 Å². The molecule has 0 saturated heterocycles. The Balaban J connectivity index is 2.17. The molecule has 1 aromatic heterocycles. The number of benzene rings is 1. The van der Waals surface area contributed by atoms with Crippen molar-refractivity contribution in [3.63, 3.8) is 0 Å². The lowest BCUT2D eigenvalue weighted by atomic mass is 10.0. The van der Waals surface area contributed by atoms with E-state index in [1.165, 1.54) is 16.8 Å². The highest BCUT2D eigenvalue weighted by Gasteiger charge is 2.15. The summed E-state index contributed by atoms with van der Waals surface area (Å²) in [6.07, 6.45) is 4.02. The van der Waals surface area contributed by atoms with Crippen molar-refractivity contribution >= 4 is 0 Å². The molecule has 1 atom stereocenters. The minimum atomic E-state index is 0.330. The molecule has 3 nitrogen and oxygen atoms in total. The quantitative estimate of drug-likeness (QED) is 0.835. The summed E-state index contributed by atoms with van der Waals surface area (Å²) in [5.74, 6) is 0. The summed E-state index contributed by atoms with van der Waals surface area (Å²) >= 11 is 0. The summed E-state index contributed by atoms with van der Waals surface area (Å²) < 4.78 is 2.13. The lowest BCUT2D eigenvalue weighted by Crippen LogP contribution is -2.25. The van der Waals surface area contributed by atoms with E-state index in [0.717, 1.165) is 25.9 Å². The Hall–Kier alpha value is -1.61. The number of likely N-dealkylation sites (N-methyl/N-ethyl adjacent to an activating group) is 1. The van der Waals surface area contributed by atoms with E-state index in [1.807, 2.05) is 6.20 Å². The molecule has 0 saturated carbocycles. The third-order valence-electron chi connectivity index (χ3n) is 3.55.